The van der Waals surface area contributed by atoms with Gasteiger partial charge in [0.2, 0.25) is 0 Å². The largest absolute Gasteiger partial charge is 0.310 e. The summed E-state index contributed by atoms with van der Waals surface area (Å²) in [6.45, 7) is 9.58. The Kier molecular flexibility index (Phi) is 10.1. The minimum Gasteiger partial charge on any atom is -0.310 e. The topological polar surface area (TPSA) is 29.1 Å². The van der Waals surface area contributed by atoms with E-state index in [-0.39, 0.29) is 33.2 Å². The van der Waals surface area contributed by atoms with Crippen molar-refractivity contribution in [3.63, 3.8) is 0 Å². The molecule has 0 saturated heterocycles. The van der Waals surface area contributed by atoms with Crippen LogP contribution in [0.5, 0.6) is 0 Å². The van der Waals surface area contributed by atoms with Crippen molar-refractivity contribution < 1.29 is 6.22 Å². The van der Waals surface area contributed by atoms with Crippen molar-refractivity contribution in [3.05, 3.63) is 0 Å². The van der Waals surface area contributed by atoms with Gasteiger partial charge in [-0.1, -0.05) is 27.7 Å². The smallest absolute Gasteiger partial charge is 0.149 e. The monoisotopic (exact) mass is 274 g/mol. The summed E-state index contributed by atoms with van der Waals surface area (Å²) in [5.41, 5.74) is 0. The van der Waals surface area contributed by atoms with E-state index in [4.69, 9.17) is 0 Å². The molecule has 0 fully saturated rings. The van der Waals surface area contributed by atoms with Crippen LogP contribution >= 0.6 is 0 Å². The first-order valence-corrected chi connectivity index (χ1v) is 4.27. The minimum absolute atomic E-state index is 0. The van der Waals surface area contributed by atoms with E-state index in [1.807, 2.05) is 13.8 Å². The maximum atomic E-state index is 11.1. The molecule has 1 N–H and O–H groups in total. The number of rotatable bonds is 5. The van der Waals surface area contributed by atoms with Crippen LogP contribution in [0.25, 0.3) is 0 Å². The maximum absolute atomic E-state index is 11.1. The van der Waals surface area contributed by atoms with Crippen LogP contribution < -0.4 is 5.32 Å². The van der Waals surface area contributed by atoms with Crippen LogP contribution in [0.15, 0.2) is 0 Å². The molecule has 0 heterocycles. The fraction of sp³-hybridized carbons (Fsp3) is 0.889. The van der Waals surface area contributed by atoms with Crippen molar-refractivity contribution in [1.82, 2.24) is 5.32 Å². The second-order valence-electron chi connectivity index (χ2n) is 3.65. The number of ketones is 1. The van der Waals surface area contributed by atoms with Gasteiger partial charge in [0, 0.05) is 33.2 Å². The molecule has 0 saturated carbocycles. The normalized spacial score (nSPS) is 10.2. The van der Waals surface area contributed by atoms with Crippen LogP contribution in [0.4, 0.5) is 0 Å². The van der Waals surface area contributed by atoms with E-state index in [1.54, 1.807) is 0 Å². The van der Waals surface area contributed by atoms with Crippen molar-refractivity contribution in [1.29, 1.82) is 0 Å². The first kappa shape index (κ1) is 15.0. The molecule has 0 aliphatic heterocycles. The number of carbonyl (C=O) groups is 1. The molecule has 0 aromatic rings. The summed E-state index contributed by atoms with van der Waals surface area (Å²) in [4.78, 5) is 11.1. The van der Waals surface area contributed by atoms with Crippen molar-refractivity contribution in [2.75, 3.05) is 13.1 Å². The predicted octanol–water partition coefficient (Wildman–Crippen LogP) is 1.32. The Balaban J connectivity index is -0.000000500. The Morgan fingerprint density at radius 3 is 2.17 bits per heavy atom. The van der Waals surface area contributed by atoms with Crippen molar-refractivity contribution >= 4 is 31.6 Å². The van der Waals surface area contributed by atoms with E-state index in [0.717, 1.165) is 6.54 Å². The molecule has 0 aliphatic rings. The third-order valence-electron chi connectivity index (χ3n) is 1.50. The molecule has 0 spiro atoms. The molecule has 12 heavy (non-hydrogen) atoms. The zero-order chi connectivity index (χ0) is 8.85. The molecule has 0 unspecified atom stereocenters. The number of carbonyl (C=O) groups excluding carboxylic acids is 1. The summed E-state index contributed by atoms with van der Waals surface area (Å²) in [5, 5.41) is 3.12. The van der Waals surface area contributed by atoms with Crippen LogP contribution in [0.2, 0.25) is 0 Å². The van der Waals surface area contributed by atoms with E-state index in [1.165, 1.54) is 0 Å². The summed E-state index contributed by atoms with van der Waals surface area (Å²) in [6.07, 6.45) is 0. The Bertz CT molecular complexity index is 129. The predicted molar refractivity (Wildman–Crippen MR) is 55.4 cm³/mol. The number of Topliss-reactive ketones (excluding diaryl/α,β-unsaturated/α-hetero) is 1. The van der Waals surface area contributed by atoms with Gasteiger partial charge < -0.3 is 5.32 Å². The molecule has 3 heteroatoms. The Labute approximate surface area is 95.8 Å². The van der Waals surface area contributed by atoms with Gasteiger partial charge in [-0.2, -0.15) is 0 Å². The molecule has 0 atom stereocenters. The maximum Gasteiger partial charge on any atom is 0.149 e. The third-order valence-corrected chi connectivity index (χ3v) is 1.50. The van der Waals surface area contributed by atoms with Gasteiger partial charge in [-0.25, -0.2) is 0 Å². The molecule has 0 rings (SSSR count). The first-order chi connectivity index (χ1) is 5.04. The fourth-order valence-electron chi connectivity index (χ4n) is 0.688. The van der Waals surface area contributed by atoms with Crippen LogP contribution in [0.1, 0.15) is 29.1 Å². The molecule has 0 amide bonds. The summed E-state index contributed by atoms with van der Waals surface area (Å²) >= 11 is 0. The third kappa shape index (κ3) is 8.60. The van der Waals surface area contributed by atoms with E-state index >= 15 is 0 Å². The molecule has 0 bridgehead atoms. The molecule has 3 radical (unpaired) electrons. The molecule has 0 aromatic carbocycles. The molecule has 2 nitrogen and oxygen atoms in total. The van der Waals surface area contributed by atoms with E-state index in [2.05, 4.69) is 19.2 Å². The zero-order valence-electron chi connectivity index (χ0n) is 8.55. The average molecular weight is 274 g/mol. The molecule has 0 aliphatic carbocycles. The van der Waals surface area contributed by atoms with Crippen LogP contribution in [-0.4, -0.2) is 44.7 Å². The van der Waals surface area contributed by atoms with Crippen LogP contribution in [0.3, 0.4) is 0 Å². The summed E-state index contributed by atoms with van der Waals surface area (Å²) < 4.78 is 0. The number of nitrogens with one attached hydrogen (secondary N) is 1. The van der Waals surface area contributed by atoms with Gasteiger partial charge in [-0.05, 0) is 12.5 Å². The van der Waals surface area contributed by atoms with Gasteiger partial charge in [0.1, 0.15) is 5.78 Å². The molecular weight excluding hydrogens is 253 g/mol. The van der Waals surface area contributed by atoms with Crippen molar-refractivity contribution in [3.8, 4) is 0 Å². The van der Waals surface area contributed by atoms with Crippen LogP contribution in [0, 0.1) is 11.8 Å². The van der Waals surface area contributed by atoms with Crippen LogP contribution in [-0.2, 0) is 4.79 Å². The fourth-order valence-corrected chi connectivity index (χ4v) is 0.688. The van der Waals surface area contributed by atoms with Crippen molar-refractivity contribution in [2.24, 2.45) is 11.8 Å². The quantitative estimate of drug-likeness (QED) is 0.819. The van der Waals surface area contributed by atoms with Gasteiger partial charge >= 0.3 is 0 Å². The number of hydrogen-bond acceptors (Lipinski definition) is 2. The molecular formula is C9H21InNO. The summed E-state index contributed by atoms with van der Waals surface area (Å²) in [6, 6.07) is 0. The van der Waals surface area contributed by atoms with Gasteiger partial charge in [0.15, 0.2) is 0 Å². The van der Waals surface area contributed by atoms with E-state index < -0.39 is 0 Å². The van der Waals surface area contributed by atoms with E-state index in [0.29, 0.717) is 18.2 Å². The number of hydrogen-bond donors (Lipinski definition) is 1. The minimum atomic E-state index is 0. The Morgan fingerprint density at radius 1 is 1.33 bits per heavy atom. The van der Waals surface area contributed by atoms with Gasteiger partial charge in [0.25, 0.3) is 0 Å². The second-order valence-corrected chi connectivity index (χ2v) is 3.65. The second kappa shape index (κ2) is 8.11. The Hall–Kier alpha value is 0.500. The summed E-state index contributed by atoms with van der Waals surface area (Å²) in [7, 11) is 0. The first-order valence-electron chi connectivity index (χ1n) is 4.27. The summed E-state index contributed by atoms with van der Waals surface area (Å²) in [5.74, 6) is 1.08. The molecule has 0 aromatic heterocycles. The Morgan fingerprint density at radius 2 is 1.83 bits per heavy atom. The average Bonchev–Trinajstić information content (AvgIpc) is 1.86. The van der Waals surface area contributed by atoms with Gasteiger partial charge in [-0.3, -0.25) is 4.79 Å². The molecule has 71 valence electrons. The SMILES string of the molecule is CC(C)CNCC(=O)C(C)C.[HH].[In]. The standard InChI is InChI=1S/C9H19NO.In.H2/c1-7(2)5-10-6-9(11)8(3)4;;/h7-8,10H,5-6H2,1-4H3;;1H. The van der Waals surface area contributed by atoms with Gasteiger partial charge in [0.05, 0.1) is 6.54 Å². The van der Waals surface area contributed by atoms with Crippen molar-refractivity contribution in [2.45, 2.75) is 27.7 Å². The van der Waals surface area contributed by atoms with Gasteiger partial charge in [-0.15, -0.1) is 0 Å². The van der Waals surface area contributed by atoms with E-state index in [9.17, 15) is 4.79 Å². The zero-order valence-corrected chi connectivity index (χ0v) is 11.9.